The fourth-order valence-electron chi connectivity index (χ4n) is 9.03. The topological polar surface area (TPSA) is 90.9 Å². The molecule has 2 fully saturated rings. The Balaban J connectivity index is 0.000000167. The van der Waals surface area contributed by atoms with Crippen LogP contribution in [0.4, 0.5) is 11.6 Å². The first kappa shape index (κ1) is 37.9. The Morgan fingerprint density at radius 3 is 1.80 bits per heavy atom. The summed E-state index contributed by atoms with van der Waals surface area (Å²) in [6.07, 6.45) is 4.30. The molecule has 282 valence electrons. The van der Waals surface area contributed by atoms with Crippen LogP contribution in [0.1, 0.15) is 81.1 Å². The minimum absolute atomic E-state index is 0.109. The molecule has 3 aromatic carbocycles. The van der Waals surface area contributed by atoms with Gasteiger partial charge in [0.1, 0.15) is 11.5 Å². The maximum absolute atomic E-state index is 4.56. The van der Waals surface area contributed by atoms with Crippen LogP contribution in [0.5, 0.6) is 0 Å². The van der Waals surface area contributed by atoms with Crippen molar-refractivity contribution in [3.8, 4) is 21.8 Å². The lowest BCUT2D eigenvalue weighted by molar-refractivity contribution is 0.160. The lowest BCUT2D eigenvalue weighted by Crippen LogP contribution is -2.62. The molecule has 0 bridgehead atoms. The molecular weight excluding hydrogens is 685 g/mol. The number of fused-ring (bicyclic) bond motifs is 2. The second-order valence-corrected chi connectivity index (χ2v) is 19.1. The number of thiophene rings is 1. The normalized spacial score (nSPS) is 19.2. The Morgan fingerprint density at radius 2 is 1.19 bits per heavy atom. The largest absolute Gasteiger partial charge is 0.366 e. The van der Waals surface area contributed by atoms with Crippen LogP contribution in [0.2, 0.25) is 0 Å². The molecule has 0 unspecified atom stereocenters. The number of nitrogens with zero attached hydrogens (tertiary/aromatic N) is 5. The third kappa shape index (κ3) is 9.08. The van der Waals surface area contributed by atoms with E-state index in [4.69, 9.17) is 0 Å². The van der Waals surface area contributed by atoms with Crippen LogP contribution in [0.15, 0.2) is 97.1 Å². The number of rotatable bonds is 6. The van der Waals surface area contributed by atoms with E-state index in [1.807, 2.05) is 6.07 Å². The van der Waals surface area contributed by atoms with Crippen LogP contribution in [0, 0.1) is 0 Å². The molecule has 5 heterocycles. The average molecular weight is 741 g/mol. The third-order valence-corrected chi connectivity index (χ3v) is 11.8. The zero-order valence-electron chi connectivity index (χ0n) is 33.4. The number of nitrogens with one attached hydrogen (secondary N) is 3. The van der Waals surface area contributed by atoms with Gasteiger partial charge in [0.2, 0.25) is 0 Å². The Morgan fingerprint density at radius 1 is 0.593 bits per heavy atom. The van der Waals surface area contributed by atoms with E-state index >= 15 is 0 Å². The van der Waals surface area contributed by atoms with E-state index in [1.165, 1.54) is 25.7 Å². The van der Waals surface area contributed by atoms with Crippen LogP contribution in [-0.4, -0.2) is 61.7 Å². The zero-order valence-corrected chi connectivity index (χ0v) is 34.2. The van der Waals surface area contributed by atoms with Crippen molar-refractivity contribution < 1.29 is 0 Å². The van der Waals surface area contributed by atoms with Crippen molar-refractivity contribution in [2.75, 3.05) is 17.3 Å². The first-order valence-corrected chi connectivity index (χ1v) is 20.1. The van der Waals surface area contributed by atoms with E-state index in [-0.39, 0.29) is 22.2 Å². The monoisotopic (exact) mass is 740 g/mol. The molecule has 54 heavy (non-hydrogen) atoms. The van der Waals surface area contributed by atoms with Crippen LogP contribution in [0.25, 0.3) is 42.7 Å². The quantitative estimate of drug-likeness (QED) is 0.156. The number of hydrogen-bond donors (Lipinski definition) is 3. The fraction of sp³-hybridized carbons (Fsp3) is 0.422. The van der Waals surface area contributed by atoms with Crippen LogP contribution >= 0.6 is 11.3 Å². The fourth-order valence-corrected chi connectivity index (χ4v) is 10.1. The van der Waals surface area contributed by atoms with Crippen LogP contribution in [0.3, 0.4) is 0 Å². The van der Waals surface area contributed by atoms with Crippen molar-refractivity contribution in [2.45, 2.75) is 115 Å². The van der Waals surface area contributed by atoms with Gasteiger partial charge in [-0.2, -0.15) is 0 Å². The first-order valence-electron chi connectivity index (χ1n) is 19.3. The summed E-state index contributed by atoms with van der Waals surface area (Å²) in [6, 6.07) is 34.6. The van der Waals surface area contributed by atoms with Gasteiger partial charge in [-0.05, 0) is 140 Å². The summed E-state index contributed by atoms with van der Waals surface area (Å²) in [6.45, 7) is 18.2. The van der Waals surface area contributed by atoms with Gasteiger partial charge in [0, 0.05) is 51.6 Å². The lowest BCUT2D eigenvalue weighted by atomic mass is 9.79. The maximum atomic E-state index is 4.56. The summed E-state index contributed by atoms with van der Waals surface area (Å²) < 4.78 is 1.29. The first-order chi connectivity index (χ1) is 25.5. The molecule has 2 aliphatic rings. The molecule has 8 nitrogen and oxygen atoms in total. The molecule has 6 aromatic rings. The minimum atomic E-state index is 0.109. The van der Waals surface area contributed by atoms with E-state index in [2.05, 4.69) is 195 Å². The Kier molecular flexibility index (Phi) is 10.3. The molecule has 2 saturated heterocycles. The van der Waals surface area contributed by atoms with Gasteiger partial charge in [-0.3, -0.25) is 0 Å². The summed E-state index contributed by atoms with van der Waals surface area (Å²) >= 11 is 1.77. The summed E-state index contributed by atoms with van der Waals surface area (Å²) in [5.74, 6) is 1.79. The molecule has 9 heteroatoms. The highest BCUT2D eigenvalue weighted by Gasteiger charge is 2.40. The smallest absolute Gasteiger partial charge is 0.151 e. The number of anilines is 2. The highest BCUT2D eigenvalue weighted by atomic mass is 32.1. The van der Waals surface area contributed by atoms with Gasteiger partial charge in [-0.25, -0.2) is 0 Å². The average Bonchev–Trinajstić information content (AvgIpc) is 3.54. The maximum Gasteiger partial charge on any atom is 0.151 e. The molecule has 3 N–H and O–H groups in total. The lowest BCUT2D eigenvalue weighted by Gasteiger charge is -2.49. The molecule has 0 amide bonds. The van der Waals surface area contributed by atoms with E-state index in [0.717, 1.165) is 54.3 Å². The van der Waals surface area contributed by atoms with Crippen molar-refractivity contribution in [2.24, 2.45) is 0 Å². The van der Waals surface area contributed by atoms with Gasteiger partial charge < -0.3 is 20.9 Å². The van der Waals surface area contributed by atoms with E-state index in [9.17, 15) is 0 Å². The highest BCUT2D eigenvalue weighted by molar-refractivity contribution is 7.22. The molecule has 2 aliphatic heterocycles. The summed E-state index contributed by atoms with van der Waals surface area (Å²) in [7, 11) is 2.14. The van der Waals surface area contributed by atoms with Gasteiger partial charge in [0.25, 0.3) is 0 Å². The number of benzene rings is 3. The molecule has 0 spiro atoms. The van der Waals surface area contributed by atoms with Gasteiger partial charge in [-0.15, -0.1) is 31.7 Å². The van der Waals surface area contributed by atoms with Gasteiger partial charge >= 0.3 is 0 Å². The standard InChI is InChI=1S/C23H28N4.C22H28N4S/c1-22(2)14-19(15-23(3,4)27-22)24-21-12-11-20(25-26-21)18-10-9-16-7-5-6-8-17(16)13-18;1-21(2)13-16(14-22(3,4)25-21)26(5)20-11-10-17(23-24-20)19-12-15-8-6-7-9-18(15)27-19/h5-13,19,27H,14-15H2,1-4H3,(H,24,26);6-12,16,25H,13-14H2,1-5H3. The molecular formula is C45H56N8S. The summed E-state index contributed by atoms with van der Waals surface area (Å²) in [4.78, 5) is 3.47. The van der Waals surface area contributed by atoms with Crippen LogP contribution in [-0.2, 0) is 0 Å². The predicted molar refractivity (Wildman–Crippen MR) is 228 cm³/mol. The highest BCUT2D eigenvalue weighted by Crippen LogP contribution is 2.35. The van der Waals surface area contributed by atoms with Crippen molar-refractivity contribution >= 4 is 43.8 Å². The molecule has 0 aliphatic carbocycles. The molecule has 0 saturated carbocycles. The number of piperidine rings is 2. The Hall–Kier alpha value is -4.44. The summed E-state index contributed by atoms with van der Waals surface area (Å²) in [5.41, 5.74) is 3.39. The van der Waals surface area contributed by atoms with E-state index in [0.29, 0.717) is 12.1 Å². The van der Waals surface area contributed by atoms with Crippen molar-refractivity contribution in [3.05, 3.63) is 97.1 Å². The number of hydrogen-bond acceptors (Lipinski definition) is 9. The summed E-state index contributed by atoms with van der Waals surface area (Å²) in [5, 5.41) is 32.8. The Labute approximate surface area is 325 Å². The van der Waals surface area contributed by atoms with Gasteiger partial charge in [0.15, 0.2) is 5.82 Å². The van der Waals surface area contributed by atoms with Gasteiger partial charge in [-0.1, -0.05) is 54.6 Å². The van der Waals surface area contributed by atoms with Crippen molar-refractivity contribution in [1.29, 1.82) is 0 Å². The Bertz CT molecular complexity index is 2140. The van der Waals surface area contributed by atoms with Gasteiger partial charge in [0.05, 0.1) is 10.6 Å². The predicted octanol–water partition coefficient (Wildman–Crippen LogP) is 10.1. The second-order valence-electron chi connectivity index (χ2n) is 18.0. The SMILES string of the molecule is CC1(C)CC(Nc2ccc(-c3ccc4ccccc4c3)nn2)CC(C)(C)N1.CN(c1ccc(-c2cc3ccccc3s2)nn1)C1CC(C)(C)NC(C)(C)C1. The zero-order chi connectivity index (χ0) is 38.3. The molecule has 8 rings (SSSR count). The molecule has 0 atom stereocenters. The second kappa shape index (κ2) is 14.7. The molecule has 3 aromatic heterocycles. The molecule has 0 radical (unpaired) electrons. The minimum Gasteiger partial charge on any atom is -0.366 e. The van der Waals surface area contributed by atoms with Crippen molar-refractivity contribution in [1.82, 2.24) is 31.0 Å². The van der Waals surface area contributed by atoms with Crippen LogP contribution < -0.4 is 20.9 Å². The number of aromatic nitrogens is 4. The van der Waals surface area contributed by atoms with E-state index < -0.39 is 0 Å². The third-order valence-electron chi connectivity index (χ3n) is 10.7. The van der Waals surface area contributed by atoms with E-state index in [1.54, 1.807) is 11.3 Å². The van der Waals surface area contributed by atoms with Crippen molar-refractivity contribution in [3.63, 3.8) is 0 Å².